The fourth-order valence-corrected chi connectivity index (χ4v) is 5.48. The summed E-state index contributed by atoms with van der Waals surface area (Å²) in [5.74, 6) is 0.156. The normalized spacial score (nSPS) is 25.4. The van der Waals surface area contributed by atoms with Crippen LogP contribution in [0.5, 0.6) is 0 Å². The average Bonchev–Trinajstić information content (AvgIpc) is 2.75. The molecule has 3 unspecified atom stereocenters. The van der Waals surface area contributed by atoms with Crippen molar-refractivity contribution < 1.29 is 9.90 Å². The van der Waals surface area contributed by atoms with Gasteiger partial charge in [0.1, 0.15) is 0 Å². The second kappa shape index (κ2) is 10.4. The van der Waals surface area contributed by atoms with Crippen LogP contribution in [0.25, 0.3) is 0 Å². The lowest BCUT2D eigenvalue weighted by Gasteiger charge is -2.52. The first kappa shape index (κ1) is 24.8. The molecule has 2 aromatic carbocycles. The molecule has 5 atom stereocenters. The molecule has 0 saturated carbocycles. The summed E-state index contributed by atoms with van der Waals surface area (Å²) in [4.78, 5) is 16.1. The fourth-order valence-electron chi connectivity index (χ4n) is 5.16. The number of halogens is 2. The summed E-state index contributed by atoms with van der Waals surface area (Å²) in [7, 11) is 0. The number of hydrogen-bond donors (Lipinski definition) is 1. The fraction of sp³-hybridized carbons (Fsp3) is 0.444. The van der Waals surface area contributed by atoms with Gasteiger partial charge in [-0.05, 0) is 68.0 Å². The zero-order valence-electron chi connectivity index (χ0n) is 19.1. The first-order chi connectivity index (χ1) is 15.2. The molecule has 1 amide bonds. The van der Waals surface area contributed by atoms with Gasteiger partial charge in [-0.1, -0.05) is 67.4 Å². The minimum absolute atomic E-state index is 0.0422. The smallest absolute Gasteiger partial charge is 0.229 e. The minimum Gasteiger partial charge on any atom is -0.393 e. The molecule has 1 saturated heterocycles. The number of allylic oxidation sites excluding steroid dienone is 1. The van der Waals surface area contributed by atoms with E-state index in [0.717, 1.165) is 17.5 Å². The zero-order valence-corrected chi connectivity index (χ0v) is 20.6. The second-order valence-corrected chi connectivity index (χ2v) is 10.1. The zero-order chi connectivity index (χ0) is 23.5. The van der Waals surface area contributed by atoms with E-state index in [-0.39, 0.29) is 23.9 Å². The van der Waals surface area contributed by atoms with Crippen molar-refractivity contribution in [1.82, 2.24) is 4.90 Å². The highest BCUT2D eigenvalue weighted by atomic mass is 35.5. The van der Waals surface area contributed by atoms with Crippen molar-refractivity contribution in [2.75, 3.05) is 0 Å². The van der Waals surface area contributed by atoms with Crippen LogP contribution in [0.4, 0.5) is 0 Å². The van der Waals surface area contributed by atoms with E-state index in [1.165, 1.54) is 0 Å². The van der Waals surface area contributed by atoms with E-state index in [9.17, 15) is 9.90 Å². The number of hydrogen-bond acceptors (Lipinski definition) is 2. The number of amides is 1. The monoisotopic (exact) mass is 473 g/mol. The minimum atomic E-state index is -0.580. The number of piperidine rings is 1. The highest BCUT2D eigenvalue weighted by molar-refractivity contribution is 6.30. The van der Waals surface area contributed by atoms with Crippen LogP contribution in [0, 0.1) is 5.41 Å². The van der Waals surface area contributed by atoms with Gasteiger partial charge in [0.05, 0.1) is 17.6 Å². The Labute approximate surface area is 202 Å². The van der Waals surface area contributed by atoms with Crippen molar-refractivity contribution >= 4 is 29.1 Å². The van der Waals surface area contributed by atoms with E-state index in [4.69, 9.17) is 23.2 Å². The number of likely N-dealkylation sites (tertiary alicyclic amines) is 1. The van der Waals surface area contributed by atoms with Crippen LogP contribution in [0.2, 0.25) is 10.0 Å². The van der Waals surface area contributed by atoms with Gasteiger partial charge < -0.3 is 10.0 Å². The molecular weight excluding hydrogens is 441 g/mol. The van der Waals surface area contributed by atoms with Gasteiger partial charge in [-0.15, -0.1) is 6.58 Å². The van der Waals surface area contributed by atoms with Gasteiger partial charge in [0, 0.05) is 22.0 Å². The van der Waals surface area contributed by atoms with Crippen LogP contribution in [-0.4, -0.2) is 28.1 Å². The molecule has 3 rings (SSSR count). The van der Waals surface area contributed by atoms with Gasteiger partial charge in [0.25, 0.3) is 0 Å². The van der Waals surface area contributed by atoms with E-state index >= 15 is 0 Å². The topological polar surface area (TPSA) is 40.5 Å². The molecular formula is C27H33Cl2NO2. The van der Waals surface area contributed by atoms with Crippen LogP contribution < -0.4 is 0 Å². The molecule has 0 bridgehead atoms. The largest absolute Gasteiger partial charge is 0.393 e. The summed E-state index contributed by atoms with van der Waals surface area (Å²) in [5, 5.41) is 11.6. The van der Waals surface area contributed by atoms with E-state index in [0.29, 0.717) is 29.3 Å². The highest BCUT2D eigenvalue weighted by Gasteiger charge is 2.50. The molecule has 1 aliphatic rings. The Hall–Kier alpha value is -1.81. The lowest BCUT2D eigenvalue weighted by molar-refractivity contribution is -0.155. The van der Waals surface area contributed by atoms with Gasteiger partial charge in [-0.2, -0.15) is 0 Å². The SMILES string of the molecule is C=CC[C@@]1(C)CC(c2cccc(Cl)c2)C(c2ccc(Cl)cc2)N([C@@H](CC)CC(C)O)C1=O. The number of carbonyl (C=O) groups is 1. The first-order valence-electron chi connectivity index (χ1n) is 11.3. The Kier molecular flexibility index (Phi) is 8.08. The maximum atomic E-state index is 14.1. The summed E-state index contributed by atoms with van der Waals surface area (Å²) < 4.78 is 0. The third-order valence-electron chi connectivity index (χ3n) is 6.66. The van der Waals surface area contributed by atoms with E-state index in [2.05, 4.69) is 19.6 Å². The summed E-state index contributed by atoms with van der Waals surface area (Å²) in [5.41, 5.74) is 1.57. The maximum Gasteiger partial charge on any atom is 0.229 e. The molecule has 0 spiro atoms. The Morgan fingerprint density at radius 3 is 2.44 bits per heavy atom. The van der Waals surface area contributed by atoms with Crippen LogP contribution in [0.15, 0.2) is 61.2 Å². The highest BCUT2D eigenvalue weighted by Crippen LogP contribution is 2.52. The lowest BCUT2D eigenvalue weighted by atomic mass is 9.67. The predicted molar refractivity (Wildman–Crippen MR) is 133 cm³/mol. The number of aliphatic hydroxyl groups is 1. The molecule has 0 aromatic heterocycles. The first-order valence-corrected chi connectivity index (χ1v) is 12.1. The number of nitrogens with zero attached hydrogens (tertiary/aromatic N) is 1. The van der Waals surface area contributed by atoms with Crippen molar-refractivity contribution in [1.29, 1.82) is 0 Å². The van der Waals surface area contributed by atoms with E-state index in [1.807, 2.05) is 60.4 Å². The quantitative estimate of drug-likeness (QED) is 0.412. The van der Waals surface area contributed by atoms with Crippen LogP contribution >= 0.6 is 23.2 Å². The van der Waals surface area contributed by atoms with Gasteiger partial charge in [0.2, 0.25) is 5.91 Å². The summed E-state index contributed by atoms with van der Waals surface area (Å²) >= 11 is 12.6. The van der Waals surface area contributed by atoms with Crippen molar-refractivity contribution in [2.24, 2.45) is 5.41 Å². The maximum absolute atomic E-state index is 14.1. The lowest BCUT2D eigenvalue weighted by Crippen LogP contribution is -2.55. The predicted octanol–water partition coefficient (Wildman–Crippen LogP) is 7.18. The number of carbonyl (C=O) groups excluding carboxylic acids is 1. The summed E-state index contributed by atoms with van der Waals surface area (Å²) in [6.07, 6.45) is 3.90. The summed E-state index contributed by atoms with van der Waals surface area (Å²) in [6.45, 7) is 9.82. The Morgan fingerprint density at radius 1 is 1.19 bits per heavy atom. The molecule has 1 N–H and O–H groups in total. The molecule has 0 aliphatic carbocycles. The molecule has 1 heterocycles. The molecule has 1 fully saturated rings. The van der Waals surface area contributed by atoms with Crippen molar-refractivity contribution in [3.8, 4) is 0 Å². The Morgan fingerprint density at radius 2 is 1.88 bits per heavy atom. The number of rotatable bonds is 8. The van der Waals surface area contributed by atoms with Gasteiger partial charge in [-0.25, -0.2) is 0 Å². The molecule has 172 valence electrons. The second-order valence-electron chi connectivity index (χ2n) is 9.27. The molecule has 3 nitrogen and oxygen atoms in total. The third kappa shape index (κ3) is 5.22. The third-order valence-corrected chi connectivity index (χ3v) is 7.15. The Bertz CT molecular complexity index is 943. The van der Waals surface area contributed by atoms with Crippen molar-refractivity contribution in [3.05, 3.63) is 82.4 Å². The summed E-state index contributed by atoms with van der Waals surface area (Å²) in [6, 6.07) is 15.4. The van der Waals surface area contributed by atoms with Gasteiger partial charge in [-0.3, -0.25) is 4.79 Å². The van der Waals surface area contributed by atoms with Crippen LogP contribution in [0.1, 0.15) is 69.5 Å². The van der Waals surface area contributed by atoms with Gasteiger partial charge in [0.15, 0.2) is 0 Å². The molecule has 0 radical (unpaired) electrons. The Balaban J connectivity index is 2.22. The van der Waals surface area contributed by atoms with Crippen molar-refractivity contribution in [2.45, 2.75) is 70.6 Å². The standard InChI is InChI=1S/C27H33Cl2NO2/c1-5-14-27(4)17-24(20-8-7-9-22(29)16-20)25(19-10-12-21(28)13-11-19)30(26(27)32)23(6-2)15-18(3)31/h5,7-13,16,18,23-25,31H,1,6,14-15,17H2,2-4H3/t18?,23-,24?,25?,27-/m0/s1. The van der Waals surface area contributed by atoms with Gasteiger partial charge >= 0.3 is 0 Å². The molecule has 1 aliphatic heterocycles. The van der Waals surface area contributed by atoms with Crippen LogP contribution in [0.3, 0.4) is 0 Å². The van der Waals surface area contributed by atoms with E-state index in [1.54, 1.807) is 6.92 Å². The average molecular weight is 474 g/mol. The number of benzene rings is 2. The van der Waals surface area contributed by atoms with Crippen molar-refractivity contribution in [3.63, 3.8) is 0 Å². The number of aliphatic hydroxyl groups excluding tert-OH is 1. The van der Waals surface area contributed by atoms with E-state index < -0.39 is 11.5 Å². The molecule has 32 heavy (non-hydrogen) atoms. The van der Waals surface area contributed by atoms with Crippen LogP contribution in [-0.2, 0) is 4.79 Å². The molecule has 5 heteroatoms. The molecule has 2 aromatic rings.